The van der Waals surface area contributed by atoms with Crippen LogP contribution in [0.15, 0.2) is 48.5 Å². The van der Waals surface area contributed by atoms with Gasteiger partial charge in [0, 0.05) is 5.56 Å². The van der Waals surface area contributed by atoms with E-state index >= 15 is 0 Å². The number of rotatable bonds is 3. The predicted octanol–water partition coefficient (Wildman–Crippen LogP) is 3.49. The Bertz CT molecular complexity index is 541. The molecular formula is C14H12ClNO2. The summed E-state index contributed by atoms with van der Waals surface area (Å²) in [6, 6.07) is 14.8. The van der Waals surface area contributed by atoms with Crippen LogP contribution in [-0.2, 0) is 4.74 Å². The third-order valence-corrected chi connectivity index (χ3v) is 2.39. The molecule has 1 atom stereocenters. The number of alkyl halides is 1. The number of esters is 1. The topological polar surface area (TPSA) is 39.2 Å². The zero-order valence-electron chi connectivity index (χ0n) is 9.84. The quantitative estimate of drug-likeness (QED) is 0.627. The van der Waals surface area contributed by atoms with Crippen LogP contribution < -0.4 is 0 Å². The number of benzene rings is 1. The maximum atomic E-state index is 11.7. The monoisotopic (exact) mass is 261 g/mol. The van der Waals surface area contributed by atoms with Crippen LogP contribution in [0.4, 0.5) is 0 Å². The van der Waals surface area contributed by atoms with Crippen LogP contribution in [-0.4, -0.2) is 16.5 Å². The molecule has 1 heterocycles. The van der Waals surface area contributed by atoms with Gasteiger partial charge in [-0.25, -0.2) is 9.78 Å². The van der Waals surface area contributed by atoms with Gasteiger partial charge in [0.25, 0.3) is 0 Å². The van der Waals surface area contributed by atoms with Gasteiger partial charge in [0.15, 0.2) is 5.56 Å². The Morgan fingerprint density at radius 2 is 1.89 bits per heavy atom. The van der Waals surface area contributed by atoms with Crippen molar-refractivity contribution in [1.29, 1.82) is 0 Å². The largest absolute Gasteiger partial charge is 0.442 e. The molecule has 0 aliphatic rings. The molecule has 0 fully saturated rings. The van der Waals surface area contributed by atoms with Crippen LogP contribution in [0.2, 0.25) is 0 Å². The van der Waals surface area contributed by atoms with Crippen LogP contribution in [0, 0.1) is 0 Å². The van der Waals surface area contributed by atoms with E-state index < -0.39 is 11.5 Å². The standard InChI is InChI=1S/C14H12ClNO2/c1-10(15)18-14(17)13-9-5-8-12(16-13)11-6-3-2-4-7-11/h2-10H,1H3. The number of pyridine rings is 1. The van der Waals surface area contributed by atoms with Crippen molar-refractivity contribution in [3.8, 4) is 11.3 Å². The number of carbonyl (C=O) groups is 1. The molecule has 3 nitrogen and oxygen atoms in total. The molecule has 0 radical (unpaired) electrons. The fraction of sp³-hybridized carbons (Fsp3) is 0.143. The molecule has 0 aliphatic heterocycles. The summed E-state index contributed by atoms with van der Waals surface area (Å²) in [6.07, 6.45) is 0. The molecule has 0 aliphatic carbocycles. The zero-order valence-corrected chi connectivity index (χ0v) is 10.6. The smallest absolute Gasteiger partial charge is 0.358 e. The maximum Gasteiger partial charge on any atom is 0.358 e. The van der Waals surface area contributed by atoms with Gasteiger partial charge >= 0.3 is 5.97 Å². The average Bonchev–Trinajstić information content (AvgIpc) is 2.39. The van der Waals surface area contributed by atoms with Crippen LogP contribution in [0.5, 0.6) is 0 Å². The molecule has 0 N–H and O–H groups in total. The Morgan fingerprint density at radius 3 is 2.56 bits per heavy atom. The van der Waals surface area contributed by atoms with E-state index in [2.05, 4.69) is 4.98 Å². The Kier molecular flexibility index (Phi) is 3.95. The summed E-state index contributed by atoms with van der Waals surface area (Å²) in [5.74, 6) is -0.518. The Balaban J connectivity index is 2.28. The van der Waals surface area contributed by atoms with Gasteiger partial charge in [-0.2, -0.15) is 0 Å². The highest BCUT2D eigenvalue weighted by Crippen LogP contribution is 2.17. The second-order valence-corrected chi connectivity index (χ2v) is 4.34. The van der Waals surface area contributed by atoms with Crippen molar-refractivity contribution < 1.29 is 9.53 Å². The summed E-state index contributed by atoms with van der Waals surface area (Å²) in [6.45, 7) is 1.58. The number of hydrogen-bond acceptors (Lipinski definition) is 3. The average molecular weight is 262 g/mol. The van der Waals surface area contributed by atoms with Gasteiger partial charge in [0.1, 0.15) is 5.69 Å². The first-order valence-electron chi connectivity index (χ1n) is 5.54. The van der Waals surface area contributed by atoms with E-state index in [1.54, 1.807) is 19.1 Å². The first kappa shape index (κ1) is 12.6. The Hall–Kier alpha value is -1.87. The minimum absolute atomic E-state index is 0.254. The van der Waals surface area contributed by atoms with Gasteiger partial charge in [-0.1, -0.05) is 48.0 Å². The summed E-state index contributed by atoms with van der Waals surface area (Å²) in [7, 11) is 0. The minimum atomic E-state index is -0.667. The Labute approximate surface area is 110 Å². The molecule has 1 aromatic heterocycles. The summed E-state index contributed by atoms with van der Waals surface area (Å²) in [5, 5.41) is 0. The van der Waals surface area contributed by atoms with Crippen molar-refractivity contribution in [2.45, 2.75) is 12.5 Å². The van der Waals surface area contributed by atoms with Crippen molar-refractivity contribution in [3.63, 3.8) is 0 Å². The number of aromatic nitrogens is 1. The van der Waals surface area contributed by atoms with Crippen LogP contribution in [0.25, 0.3) is 11.3 Å². The first-order valence-corrected chi connectivity index (χ1v) is 5.98. The second-order valence-electron chi connectivity index (χ2n) is 3.72. The van der Waals surface area contributed by atoms with Gasteiger partial charge in [0.2, 0.25) is 0 Å². The van der Waals surface area contributed by atoms with Gasteiger partial charge < -0.3 is 4.74 Å². The van der Waals surface area contributed by atoms with Crippen molar-refractivity contribution in [2.24, 2.45) is 0 Å². The molecular weight excluding hydrogens is 250 g/mol. The van der Waals surface area contributed by atoms with Crippen LogP contribution in [0.1, 0.15) is 17.4 Å². The molecule has 0 saturated heterocycles. The third kappa shape index (κ3) is 3.08. The van der Waals surface area contributed by atoms with E-state index in [0.29, 0.717) is 0 Å². The SMILES string of the molecule is CC(Cl)OC(=O)c1cccc(-c2ccccc2)n1. The molecule has 2 aromatic rings. The van der Waals surface area contributed by atoms with Gasteiger partial charge in [-0.05, 0) is 19.1 Å². The lowest BCUT2D eigenvalue weighted by Crippen LogP contribution is -2.11. The molecule has 0 bridgehead atoms. The van der Waals surface area contributed by atoms with E-state index in [1.807, 2.05) is 36.4 Å². The van der Waals surface area contributed by atoms with Crippen molar-refractivity contribution in [2.75, 3.05) is 0 Å². The van der Waals surface area contributed by atoms with Crippen molar-refractivity contribution in [1.82, 2.24) is 4.98 Å². The predicted molar refractivity (Wildman–Crippen MR) is 70.4 cm³/mol. The van der Waals surface area contributed by atoms with E-state index in [0.717, 1.165) is 11.3 Å². The molecule has 0 saturated carbocycles. The molecule has 2 rings (SSSR count). The molecule has 92 valence electrons. The summed E-state index contributed by atoms with van der Waals surface area (Å²) >= 11 is 5.61. The van der Waals surface area contributed by atoms with Crippen LogP contribution in [0.3, 0.4) is 0 Å². The van der Waals surface area contributed by atoms with E-state index in [1.165, 1.54) is 0 Å². The highest BCUT2D eigenvalue weighted by atomic mass is 35.5. The first-order chi connectivity index (χ1) is 8.66. The number of ether oxygens (including phenoxy) is 1. The third-order valence-electron chi connectivity index (χ3n) is 2.30. The van der Waals surface area contributed by atoms with Crippen LogP contribution >= 0.6 is 11.6 Å². The second kappa shape index (κ2) is 5.65. The lowest BCUT2D eigenvalue weighted by Gasteiger charge is -2.07. The summed E-state index contributed by atoms with van der Waals surface area (Å²) in [4.78, 5) is 15.9. The highest BCUT2D eigenvalue weighted by molar-refractivity contribution is 6.20. The van der Waals surface area contributed by atoms with E-state index in [4.69, 9.17) is 16.3 Å². The normalized spacial score (nSPS) is 11.9. The number of nitrogens with zero attached hydrogens (tertiary/aromatic N) is 1. The van der Waals surface area contributed by atoms with Crippen molar-refractivity contribution >= 4 is 17.6 Å². The fourth-order valence-corrected chi connectivity index (χ4v) is 1.61. The van der Waals surface area contributed by atoms with E-state index in [-0.39, 0.29) is 5.69 Å². The summed E-state index contributed by atoms with van der Waals surface area (Å²) < 4.78 is 4.89. The summed E-state index contributed by atoms with van der Waals surface area (Å²) in [5.41, 5.74) is 1.27. The lowest BCUT2D eigenvalue weighted by atomic mass is 10.1. The molecule has 1 aromatic carbocycles. The fourth-order valence-electron chi connectivity index (χ4n) is 1.53. The zero-order chi connectivity index (χ0) is 13.0. The molecule has 18 heavy (non-hydrogen) atoms. The highest BCUT2D eigenvalue weighted by Gasteiger charge is 2.12. The number of halogens is 1. The molecule has 1 unspecified atom stereocenters. The maximum absolute atomic E-state index is 11.7. The molecule has 0 spiro atoms. The minimum Gasteiger partial charge on any atom is -0.442 e. The lowest BCUT2D eigenvalue weighted by molar-refractivity contribution is 0.0465. The number of carbonyl (C=O) groups excluding carboxylic acids is 1. The van der Waals surface area contributed by atoms with Gasteiger partial charge in [0.05, 0.1) is 5.69 Å². The number of hydrogen-bond donors (Lipinski definition) is 0. The van der Waals surface area contributed by atoms with Gasteiger partial charge in [-0.15, -0.1) is 0 Å². The van der Waals surface area contributed by atoms with Gasteiger partial charge in [-0.3, -0.25) is 0 Å². The Morgan fingerprint density at radius 1 is 1.17 bits per heavy atom. The van der Waals surface area contributed by atoms with E-state index in [9.17, 15) is 4.79 Å². The molecule has 4 heteroatoms. The molecule has 0 amide bonds. The van der Waals surface area contributed by atoms with Crippen molar-refractivity contribution in [3.05, 3.63) is 54.2 Å².